The molecule has 0 N–H and O–H groups in total. The lowest BCUT2D eigenvalue weighted by Crippen LogP contribution is -2.67. The van der Waals surface area contributed by atoms with E-state index >= 15 is 0 Å². The van der Waals surface area contributed by atoms with Gasteiger partial charge in [-0.15, -0.1) is 0 Å². The highest BCUT2D eigenvalue weighted by Gasteiger charge is 2.60. The third-order valence-corrected chi connectivity index (χ3v) is 25.8. The molecule has 3 aliphatic heterocycles. The molecule has 0 amide bonds. The van der Waals surface area contributed by atoms with Gasteiger partial charge in [0.2, 0.25) is 0 Å². The average molecular weight is 895 g/mol. The summed E-state index contributed by atoms with van der Waals surface area (Å²) < 4.78 is 0. The van der Waals surface area contributed by atoms with Crippen LogP contribution in [0.3, 0.4) is 0 Å². The van der Waals surface area contributed by atoms with Crippen LogP contribution in [0, 0.1) is 58.2 Å². The number of likely N-dealkylation sites (tertiary alicyclic amines) is 2. The standard InChI is InChI=1S/C60H99N3S/c1-59(2)47-24-14-16-26-51(47)61(44-18-8-5-9-19-44)53-32-28-40(36-49(53)59)42-30-34-55-57(38-42)64-58-39-43(31-35-56(58)63(55)46-22-12-7-13-23-46)41-29-33-54-50(37-41)60(3,4)48-25-15-17-27-52(48)62(54)45-20-10-6-11-21-45/h14,24,40-58H,5-13,15-23,25-39H2,1-4H3. The Balaban J connectivity index is 0.762. The van der Waals surface area contributed by atoms with E-state index in [0.717, 1.165) is 112 Å². The van der Waals surface area contributed by atoms with Crippen LogP contribution < -0.4 is 0 Å². The molecule has 4 heteroatoms. The smallest absolute Gasteiger partial charge is 0.0221 e. The predicted octanol–water partition coefficient (Wildman–Crippen LogP) is 15.3. The van der Waals surface area contributed by atoms with Gasteiger partial charge in [0, 0.05) is 64.9 Å². The minimum Gasteiger partial charge on any atom is -0.294 e. The van der Waals surface area contributed by atoms with E-state index in [9.17, 15) is 0 Å². The van der Waals surface area contributed by atoms with Gasteiger partial charge in [0.15, 0.2) is 0 Å². The molecule has 0 aromatic heterocycles. The second-order valence-corrected chi connectivity index (χ2v) is 28.9. The maximum atomic E-state index is 3.38. The quantitative estimate of drug-likeness (QED) is 0.254. The minimum absolute atomic E-state index is 0.438. The minimum atomic E-state index is 0.438. The zero-order chi connectivity index (χ0) is 43.2. The van der Waals surface area contributed by atoms with Gasteiger partial charge < -0.3 is 0 Å². The van der Waals surface area contributed by atoms with Gasteiger partial charge >= 0.3 is 0 Å². The Morgan fingerprint density at radius 2 is 0.766 bits per heavy atom. The van der Waals surface area contributed by atoms with Gasteiger partial charge in [0.1, 0.15) is 0 Å². The first-order valence-corrected chi connectivity index (χ1v) is 30.8. The van der Waals surface area contributed by atoms with Crippen LogP contribution in [0.15, 0.2) is 12.2 Å². The number of nitrogens with zero attached hydrogens (tertiary/aromatic N) is 3. The van der Waals surface area contributed by atoms with E-state index in [-0.39, 0.29) is 0 Å². The molecule has 16 unspecified atom stereocenters. The predicted molar refractivity (Wildman–Crippen MR) is 272 cm³/mol. The normalized spacial score (nSPS) is 48.5. The summed E-state index contributed by atoms with van der Waals surface area (Å²) >= 11 is 2.65. The fourth-order valence-electron chi connectivity index (χ4n) is 21.1. The SMILES string of the molecule is CC1(C)C2C=CCCC2N(C2CCCCC2)C2CCC(C3CCC4C(C3)SC3CC(C5CCC6C(C5)C(C)(C)C5CCCCC5N6C5CCCCC5)CCC3N4C3CCCCC3)CC21. The Morgan fingerprint density at radius 1 is 0.359 bits per heavy atom. The van der Waals surface area contributed by atoms with E-state index in [1.165, 1.54) is 161 Å². The number of hydrogen-bond acceptors (Lipinski definition) is 4. The molecule has 16 atom stereocenters. The summed E-state index contributed by atoms with van der Waals surface area (Å²) in [5.74, 6) is 7.50. The van der Waals surface area contributed by atoms with Crippen molar-refractivity contribution in [3.05, 3.63) is 12.2 Å². The summed E-state index contributed by atoms with van der Waals surface area (Å²) in [4.78, 5) is 9.97. The second kappa shape index (κ2) is 18.6. The van der Waals surface area contributed by atoms with E-state index in [0.29, 0.717) is 10.8 Å². The highest BCUT2D eigenvalue weighted by Crippen LogP contribution is 2.62. The monoisotopic (exact) mass is 894 g/mol. The zero-order valence-corrected chi connectivity index (χ0v) is 43.0. The van der Waals surface area contributed by atoms with Crippen LogP contribution in [0.1, 0.15) is 240 Å². The molecule has 3 heterocycles. The van der Waals surface area contributed by atoms with E-state index in [1.807, 2.05) is 0 Å². The van der Waals surface area contributed by atoms with Crippen LogP contribution in [0.25, 0.3) is 0 Å². The van der Waals surface area contributed by atoms with Crippen molar-refractivity contribution in [2.24, 2.45) is 58.2 Å². The summed E-state index contributed by atoms with van der Waals surface area (Å²) in [5.41, 5.74) is 0.959. The number of allylic oxidation sites excluding steroid dienone is 1. The highest BCUT2D eigenvalue weighted by molar-refractivity contribution is 8.00. The molecule has 11 fully saturated rings. The van der Waals surface area contributed by atoms with Crippen molar-refractivity contribution >= 4 is 11.8 Å². The molecule has 0 spiro atoms. The summed E-state index contributed by atoms with van der Waals surface area (Å²) in [6, 6.07) is 7.92. The fourth-order valence-corrected chi connectivity index (χ4v) is 23.2. The van der Waals surface area contributed by atoms with Crippen LogP contribution in [-0.2, 0) is 0 Å². The maximum absolute atomic E-state index is 3.38. The van der Waals surface area contributed by atoms with Crippen molar-refractivity contribution in [2.45, 2.75) is 304 Å². The van der Waals surface area contributed by atoms with Crippen LogP contribution in [0.2, 0.25) is 0 Å². The first kappa shape index (κ1) is 45.1. The third-order valence-electron chi connectivity index (χ3n) is 24.1. The van der Waals surface area contributed by atoms with Crippen molar-refractivity contribution < 1.29 is 0 Å². The topological polar surface area (TPSA) is 9.72 Å². The van der Waals surface area contributed by atoms with Crippen LogP contribution >= 0.6 is 11.8 Å². The van der Waals surface area contributed by atoms with E-state index in [4.69, 9.17) is 0 Å². The molecule has 12 rings (SSSR count). The molecular formula is C60H99N3S. The molecule has 0 aromatic carbocycles. The molecule has 9 aliphatic carbocycles. The summed E-state index contributed by atoms with van der Waals surface area (Å²) in [5, 5.41) is 1.81. The van der Waals surface area contributed by atoms with E-state index in [1.54, 1.807) is 51.4 Å². The van der Waals surface area contributed by atoms with Crippen LogP contribution in [-0.4, -0.2) is 79.6 Å². The van der Waals surface area contributed by atoms with Gasteiger partial charge in [-0.3, -0.25) is 14.7 Å². The molecule has 12 aliphatic rings. The number of rotatable bonds is 5. The van der Waals surface area contributed by atoms with E-state index in [2.05, 4.69) is 66.3 Å². The second-order valence-electron chi connectivity index (χ2n) is 27.4. The van der Waals surface area contributed by atoms with Crippen LogP contribution in [0.4, 0.5) is 0 Å². The fraction of sp³-hybridized carbons (Fsp3) is 0.967. The molecule has 0 radical (unpaired) electrons. The summed E-state index contributed by atoms with van der Waals surface area (Å²) in [6.07, 6.45) is 55.2. The Bertz CT molecular complexity index is 1600. The first-order valence-electron chi connectivity index (χ1n) is 29.9. The lowest BCUT2D eigenvalue weighted by molar-refractivity contribution is -0.151. The van der Waals surface area contributed by atoms with Gasteiger partial charge in [0.25, 0.3) is 0 Å². The Labute approximate surface area is 399 Å². The van der Waals surface area contributed by atoms with Crippen molar-refractivity contribution in [3.8, 4) is 0 Å². The molecule has 8 saturated carbocycles. The van der Waals surface area contributed by atoms with E-state index < -0.39 is 0 Å². The Hall–Kier alpha value is -0.0300. The molecule has 64 heavy (non-hydrogen) atoms. The first-order chi connectivity index (χ1) is 31.3. The van der Waals surface area contributed by atoms with Crippen molar-refractivity contribution in [1.82, 2.24) is 14.7 Å². The largest absolute Gasteiger partial charge is 0.294 e. The summed E-state index contributed by atoms with van der Waals surface area (Å²) in [6.45, 7) is 11.1. The van der Waals surface area contributed by atoms with Crippen LogP contribution in [0.5, 0.6) is 0 Å². The van der Waals surface area contributed by atoms with Crippen molar-refractivity contribution in [3.63, 3.8) is 0 Å². The van der Waals surface area contributed by atoms with Gasteiger partial charge in [0.05, 0.1) is 0 Å². The molecule has 0 bridgehead atoms. The number of thioether (sulfide) groups is 1. The molecule has 3 nitrogen and oxygen atoms in total. The Morgan fingerprint density at radius 3 is 1.30 bits per heavy atom. The van der Waals surface area contributed by atoms with Crippen molar-refractivity contribution in [1.29, 1.82) is 0 Å². The molecule has 3 saturated heterocycles. The number of piperidine rings is 2. The van der Waals surface area contributed by atoms with Gasteiger partial charge in [-0.25, -0.2) is 0 Å². The molecule has 360 valence electrons. The van der Waals surface area contributed by atoms with Gasteiger partial charge in [-0.2, -0.15) is 11.8 Å². The molecular weight excluding hydrogens is 795 g/mol. The van der Waals surface area contributed by atoms with Gasteiger partial charge in [-0.05, 0) is 199 Å². The zero-order valence-electron chi connectivity index (χ0n) is 42.2. The summed E-state index contributed by atoms with van der Waals surface area (Å²) in [7, 11) is 0. The van der Waals surface area contributed by atoms with Gasteiger partial charge in [-0.1, -0.05) is 110 Å². The maximum Gasteiger partial charge on any atom is 0.0221 e. The number of hydrogen-bond donors (Lipinski definition) is 0. The number of fused-ring (bicyclic) bond motifs is 6. The Kier molecular flexibility index (Phi) is 13.1. The lowest BCUT2D eigenvalue weighted by atomic mass is 9.52. The lowest BCUT2D eigenvalue weighted by Gasteiger charge is -2.65. The molecule has 0 aromatic rings. The highest BCUT2D eigenvalue weighted by atomic mass is 32.2. The van der Waals surface area contributed by atoms with Crippen molar-refractivity contribution in [2.75, 3.05) is 0 Å². The third kappa shape index (κ3) is 7.97. The average Bonchev–Trinajstić information content (AvgIpc) is 3.34.